The highest BCUT2D eigenvalue weighted by atomic mass is 79.9. The molecule has 0 aliphatic carbocycles. The number of halogens is 4. The maximum Gasteiger partial charge on any atom is 0.365 e. The Morgan fingerprint density at radius 3 is 1.78 bits per heavy atom. The number of allylic oxidation sites excluding steroid dienone is 2. The first-order chi connectivity index (χ1) is 27.8. The maximum absolute atomic E-state index is 13.9. The van der Waals surface area contributed by atoms with Crippen molar-refractivity contribution in [2.24, 2.45) is 17.8 Å². The Kier molecular flexibility index (Phi) is 13.2. The van der Waals surface area contributed by atoms with Crippen LogP contribution in [0.3, 0.4) is 0 Å². The Morgan fingerprint density at radius 2 is 1.16 bits per heavy atom. The molecule has 0 fully saturated rings. The molecule has 1 aromatic heterocycles. The number of para-hydroxylation sites is 2. The lowest BCUT2D eigenvalue weighted by molar-refractivity contribution is 0.269. The molecule has 0 N–H and O–H groups in total. The number of benzene rings is 4. The zero-order valence-corrected chi connectivity index (χ0v) is 38.5. The molecule has 10 heteroatoms. The minimum absolute atomic E-state index is 0.0976. The van der Waals surface area contributed by atoms with Gasteiger partial charge in [-0.3, -0.25) is 9.59 Å². The molecule has 1 aliphatic rings. The van der Waals surface area contributed by atoms with Gasteiger partial charge in [0.25, 0.3) is 0 Å². The van der Waals surface area contributed by atoms with Crippen molar-refractivity contribution in [2.45, 2.75) is 27.7 Å². The van der Waals surface area contributed by atoms with E-state index < -0.39 is 5.92 Å². The van der Waals surface area contributed by atoms with Crippen LogP contribution in [0.25, 0.3) is 46.3 Å². The molecule has 0 spiro atoms. The Balaban J connectivity index is 1.33. The van der Waals surface area contributed by atoms with Crippen molar-refractivity contribution in [3.05, 3.63) is 175 Å². The Morgan fingerprint density at radius 1 is 0.621 bits per heavy atom. The largest absolute Gasteiger partial charge is 0.493 e. The summed E-state index contributed by atoms with van der Waals surface area (Å²) in [6, 6.07) is 30.7. The third-order valence-corrected chi connectivity index (χ3v) is 13.0. The van der Waals surface area contributed by atoms with E-state index in [4.69, 9.17) is 18.6 Å². The summed E-state index contributed by atoms with van der Waals surface area (Å²) in [5.74, 6) is 3.82. The minimum Gasteiger partial charge on any atom is -0.493 e. The van der Waals surface area contributed by atoms with Crippen molar-refractivity contribution in [3.63, 3.8) is 0 Å². The molecular weight excluding hydrogens is 992 g/mol. The Hall–Kier alpha value is -4.35. The lowest BCUT2D eigenvalue weighted by atomic mass is 9.97. The zero-order valence-electron chi connectivity index (χ0n) is 32.2. The average molecular weight is 1030 g/mol. The van der Waals surface area contributed by atoms with Gasteiger partial charge in [-0.05, 0) is 154 Å². The van der Waals surface area contributed by atoms with E-state index in [9.17, 15) is 9.59 Å². The van der Waals surface area contributed by atoms with Gasteiger partial charge < -0.3 is 14.2 Å². The summed E-state index contributed by atoms with van der Waals surface area (Å²) in [7, 11) is 0. The van der Waals surface area contributed by atoms with Crippen LogP contribution in [-0.2, 0) is 4.74 Å². The number of hydrogen-bond donors (Lipinski definition) is 0. The molecule has 1 atom stereocenters. The lowest BCUT2D eigenvalue weighted by Gasteiger charge is -2.23. The second-order valence-electron chi connectivity index (χ2n) is 14.8. The maximum atomic E-state index is 13.9. The molecule has 5 aromatic carbocycles. The van der Waals surface area contributed by atoms with E-state index in [0.717, 1.165) is 40.1 Å². The lowest BCUT2D eigenvalue weighted by Crippen LogP contribution is -2.64. The van der Waals surface area contributed by atoms with E-state index in [-0.39, 0.29) is 21.3 Å². The van der Waals surface area contributed by atoms with Crippen molar-refractivity contribution in [1.82, 2.24) is 0 Å². The van der Waals surface area contributed by atoms with Gasteiger partial charge in [-0.15, -0.1) is 0 Å². The monoisotopic (exact) mass is 1030 g/mol. The van der Waals surface area contributed by atoms with Crippen molar-refractivity contribution in [3.8, 4) is 34.1 Å². The summed E-state index contributed by atoms with van der Waals surface area (Å²) in [4.78, 5) is 27.8. The van der Waals surface area contributed by atoms with Gasteiger partial charge in [0.05, 0.1) is 46.9 Å². The van der Waals surface area contributed by atoms with Crippen LogP contribution in [0.15, 0.2) is 141 Å². The van der Waals surface area contributed by atoms with E-state index in [2.05, 4.69) is 91.4 Å². The third kappa shape index (κ3) is 9.57. The standard InChI is InChI=1S/C48H39Br4O6/c1-27(2)25-55-41-11-7-5-9-33(41)45-21-29(19-43(57-45)31-13-15-37(49)39(51)23-31)17-35-47(53)36(48(35)54)18-30-20-44(32-14-16-38(50)40(52)24-32)58-46(22-30)34-10-6-8-12-42(34)56-26-28(3)4/h5-24,27-29H,25-26H2,1-4H3/q+1. The predicted octanol–water partition coefficient (Wildman–Crippen LogP) is 11.9. The summed E-state index contributed by atoms with van der Waals surface area (Å²) in [6.45, 7) is 9.45. The van der Waals surface area contributed by atoms with Gasteiger partial charge in [0.15, 0.2) is 0 Å². The van der Waals surface area contributed by atoms with Gasteiger partial charge in [0.2, 0.25) is 10.9 Å². The number of hydrogen-bond acceptors (Lipinski definition) is 5. The van der Waals surface area contributed by atoms with Gasteiger partial charge in [-0.2, -0.15) is 0 Å². The number of ether oxygens (including phenoxy) is 3. The fraction of sp³-hybridized carbons (Fsp3) is 0.188. The fourth-order valence-electron chi connectivity index (χ4n) is 6.34. The molecule has 0 amide bonds. The molecule has 1 aliphatic heterocycles. The van der Waals surface area contributed by atoms with Gasteiger partial charge in [0, 0.05) is 29.4 Å². The SMILES string of the molecule is CC(C)COc1ccccc1C1=CC(C=c2c(=O)c(=Cc3cc(-c4ccc(Br)c(Br)c4)[o+]c(-c4ccccc4OCC(C)C)c3)c2=O)C=C(c2ccc(Br)c(Br)c2)O1. The Bertz CT molecular complexity index is 2740. The zero-order chi connectivity index (χ0) is 41.1. The van der Waals surface area contributed by atoms with Crippen LogP contribution in [0.4, 0.5) is 0 Å². The van der Waals surface area contributed by atoms with Crippen molar-refractivity contribution >= 4 is 87.4 Å². The first-order valence-corrected chi connectivity index (χ1v) is 22.0. The molecule has 7 rings (SSSR count). The molecule has 6 aromatic rings. The normalized spacial score (nSPS) is 13.9. The summed E-state index contributed by atoms with van der Waals surface area (Å²) in [5, 5.41) is 0.219. The van der Waals surface area contributed by atoms with Crippen LogP contribution in [0.5, 0.6) is 11.5 Å². The fourth-order valence-corrected chi connectivity index (χ4v) is 7.59. The van der Waals surface area contributed by atoms with E-state index in [1.807, 2.05) is 109 Å². The average Bonchev–Trinajstić information content (AvgIpc) is 3.22. The first-order valence-electron chi connectivity index (χ1n) is 18.8. The van der Waals surface area contributed by atoms with E-state index in [0.29, 0.717) is 65.2 Å². The van der Waals surface area contributed by atoms with Crippen LogP contribution in [-0.4, -0.2) is 13.2 Å². The second-order valence-corrected chi connectivity index (χ2v) is 18.2. The highest BCUT2D eigenvalue weighted by Gasteiger charge is 2.25. The summed E-state index contributed by atoms with van der Waals surface area (Å²) < 4.78 is 28.9. The van der Waals surface area contributed by atoms with Gasteiger partial charge in [0.1, 0.15) is 28.6 Å². The molecule has 0 saturated heterocycles. The number of rotatable bonds is 12. The van der Waals surface area contributed by atoms with Crippen LogP contribution >= 0.6 is 63.7 Å². The van der Waals surface area contributed by atoms with Crippen molar-refractivity contribution in [1.29, 1.82) is 0 Å². The summed E-state index contributed by atoms with van der Waals surface area (Å²) in [6.07, 6.45) is 7.19. The van der Waals surface area contributed by atoms with Crippen molar-refractivity contribution in [2.75, 3.05) is 13.2 Å². The molecule has 294 valence electrons. The molecule has 0 radical (unpaired) electrons. The van der Waals surface area contributed by atoms with E-state index in [1.165, 1.54) is 0 Å². The molecular formula is C48H39Br4O6+. The van der Waals surface area contributed by atoms with Crippen LogP contribution in [0.1, 0.15) is 44.4 Å². The second kappa shape index (κ2) is 18.3. The van der Waals surface area contributed by atoms with Crippen molar-refractivity contribution < 1.29 is 18.6 Å². The van der Waals surface area contributed by atoms with Crippen LogP contribution < -0.4 is 30.8 Å². The topological polar surface area (TPSA) is 73.1 Å². The van der Waals surface area contributed by atoms with E-state index >= 15 is 0 Å². The van der Waals surface area contributed by atoms with Gasteiger partial charge in [-0.1, -0.05) is 64.1 Å². The molecule has 6 nitrogen and oxygen atoms in total. The minimum atomic E-state index is -0.435. The van der Waals surface area contributed by atoms with E-state index in [1.54, 1.807) is 12.2 Å². The quantitative estimate of drug-likeness (QED) is 0.114. The van der Waals surface area contributed by atoms with Crippen LogP contribution in [0, 0.1) is 17.8 Å². The Labute approximate surface area is 370 Å². The highest BCUT2D eigenvalue weighted by Crippen LogP contribution is 2.39. The molecule has 0 saturated carbocycles. The smallest absolute Gasteiger partial charge is 0.365 e. The summed E-state index contributed by atoms with van der Waals surface area (Å²) in [5.41, 5.74) is 3.14. The molecule has 0 bridgehead atoms. The molecule has 2 heterocycles. The van der Waals surface area contributed by atoms with Gasteiger partial charge in [-0.25, -0.2) is 4.42 Å². The van der Waals surface area contributed by atoms with Gasteiger partial charge >= 0.3 is 11.5 Å². The highest BCUT2D eigenvalue weighted by molar-refractivity contribution is 9.13. The predicted molar refractivity (Wildman–Crippen MR) is 248 cm³/mol. The van der Waals surface area contributed by atoms with Crippen LogP contribution in [0.2, 0.25) is 0 Å². The third-order valence-electron chi connectivity index (χ3n) is 9.23. The molecule has 1 unspecified atom stereocenters. The first kappa shape index (κ1) is 41.8. The summed E-state index contributed by atoms with van der Waals surface area (Å²) >= 11 is 14.3. The molecule has 58 heavy (non-hydrogen) atoms.